The summed E-state index contributed by atoms with van der Waals surface area (Å²) >= 11 is 0. The number of rotatable bonds is 9. The first-order chi connectivity index (χ1) is 15.8. The number of hydrogen-bond donors (Lipinski definition) is 2. The quantitative estimate of drug-likeness (QED) is 0.492. The van der Waals surface area contributed by atoms with Gasteiger partial charge in [-0.2, -0.15) is 0 Å². The van der Waals surface area contributed by atoms with Crippen molar-refractivity contribution in [2.24, 2.45) is 5.14 Å². The zero-order chi connectivity index (χ0) is 23.4. The Bertz CT molecular complexity index is 1270. The number of nitrogens with one attached hydrogen (secondary N) is 1. The second kappa shape index (κ2) is 9.80. The van der Waals surface area contributed by atoms with E-state index < -0.39 is 10.0 Å². The van der Waals surface area contributed by atoms with Gasteiger partial charge in [0.15, 0.2) is 11.5 Å². The lowest BCUT2D eigenvalue weighted by molar-refractivity contribution is -0.121. The second-order valence-electron chi connectivity index (χ2n) is 7.95. The van der Waals surface area contributed by atoms with Crippen LogP contribution in [0.1, 0.15) is 31.2 Å². The van der Waals surface area contributed by atoms with Crippen LogP contribution in [0.4, 0.5) is 0 Å². The third kappa shape index (κ3) is 5.45. The molecule has 3 N–H and O–H groups in total. The molecule has 0 bridgehead atoms. The maximum atomic E-state index is 12.4. The molecule has 1 aliphatic heterocycles. The minimum absolute atomic E-state index is 0.0274. The van der Waals surface area contributed by atoms with Crippen molar-refractivity contribution in [1.82, 2.24) is 14.9 Å². The number of nitrogens with two attached hydrogens (primary N) is 1. The number of nitrogens with zero attached hydrogens (tertiary/aromatic N) is 2. The number of hydrogen-bond acceptors (Lipinski definition) is 6. The standard InChI is InChI=1S/C23H28N4O5S/c1-2-11-27-19-5-4-17(33(24,29)30)15-18(19)26-22(27)7-8-23(28)25-10-9-16-3-6-20-21(14-16)32-13-12-31-20/h3-6,14-15H,2,7-13H2,1H3,(H,25,28)(H2,24,29,30). The van der Waals surface area contributed by atoms with Crippen LogP contribution < -0.4 is 19.9 Å². The lowest BCUT2D eigenvalue weighted by atomic mass is 10.1. The Hall–Kier alpha value is -3.11. The Balaban J connectivity index is 1.36. The van der Waals surface area contributed by atoms with Crippen LogP contribution in [0.2, 0.25) is 0 Å². The van der Waals surface area contributed by atoms with E-state index in [1.165, 1.54) is 12.1 Å². The summed E-state index contributed by atoms with van der Waals surface area (Å²) in [5.41, 5.74) is 2.46. The lowest BCUT2D eigenvalue weighted by Crippen LogP contribution is -2.26. The van der Waals surface area contributed by atoms with Gasteiger partial charge in [-0.05, 0) is 48.7 Å². The number of carbonyl (C=O) groups excluding carboxylic acids is 1. The van der Waals surface area contributed by atoms with E-state index in [1.54, 1.807) is 6.07 Å². The maximum Gasteiger partial charge on any atom is 0.238 e. The first-order valence-corrected chi connectivity index (χ1v) is 12.6. The van der Waals surface area contributed by atoms with Gasteiger partial charge >= 0.3 is 0 Å². The van der Waals surface area contributed by atoms with E-state index in [-0.39, 0.29) is 17.2 Å². The summed E-state index contributed by atoms with van der Waals surface area (Å²) in [6.45, 7) is 4.40. The molecule has 0 aliphatic carbocycles. The van der Waals surface area contributed by atoms with Crippen molar-refractivity contribution in [3.8, 4) is 11.5 Å². The monoisotopic (exact) mass is 472 g/mol. The van der Waals surface area contributed by atoms with Crippen LogP contribution in [0.5, 0.6) is 11.5 Å². The fourth-order valence-electron chi connectivity index (χ4n) is 3.90. The highest BCUT2D eigenvalue weighted by molar-refractivity contribution is 7.89. The number of aryl methyl sites for hydroxylation is 2. The molecule has 0 unspecified atom stereocenters. The zero-order valence-corrected chi connectivity index (χ0v) is 19.4. The minimum Gasteiger partial charge on any atom is -0.486 e. The fraction of sp³-hybridized carbons (Fsp3) is 0.391. The first kappa shape index (κ1) is 23.1. The van der Waals surface area contributed by atoms with Crippen molar-refractivity contribution in [1.29, 1.82) is 0 Å². The molecule has 0 fully saturated rings. The van der Waals surface area contributed by atoms with Crippen LogP contribution in [-0.4, -0.2) is 43.6 Å². The van der Waals surface area contributed by atoms with Crippen LogP contribution in [-0.2, 0) is 34.2 Å². The van der Waals surface area contributed by atoms with Gasteiger partial charge < -0.3 is 19.4 Å². The molecular weight excluding hydrogens is 444 g/mol. The van der Waals surface area contributed by atoms with Crippen LogP contribution in [0.3, 0.4) is 0 Å². The van der Waals surface area contributed by atoms with E-state index in [1.807, 2.05) is 22.8 Å². The van der Waals surface area contributed by atoms with Crippen molar-refractivity contribution in [3.63, 3.8) is 0 Å². The van der Waals surface area contributed by atoms with Crippen molar-refractivity contribution < 1.29 is 22.7 Å². The van der Waals surface area contributed by atoms with Crippen LogP contribution in [0.15, 0.2) is 41.3 Å². The zero-order valence-electron chi connectivity index (χ0n) is 18.5. The molecule has 0 saturated carbocycles. The molecule has 2 heterocycles. The number of benzene rings is 2. The van der Waals surface area contributed by atoms with Gasteiger partial charge in [0.25, 0.3) is 0 Å². The highest BCUT2D eigenvalue weighted by Gasteiger charge is 2.16. The Morgan fingerprint density at radius 2 is 1.91 bits per heavy atom. The summed E-state index contributed by atoms with van der Waals surface area (Å²) < 4.78 is 36.5. The highest BCUT2D eigenvalue weighted by Crippen LogP contribution is 2.30. The van der Waals surface area contributed by atoms with Gasteiger partial charge in [-0.25, -0.2) is 18.5 Å². The van der Waals surface area contributed by atoms with Gasteiger partial charge in [-0.1, -0.05) is 13.0 Å². The molecule has 0 atom stereocenters. The van der Waals surface area contributed by atoms with E-state index in [0.29, 0.717) is 38.1 Å². The predicted octanol–water partition coefficient (Wildman–Crippen LogP) is 2.16. The van der Waals surface area contributed by atoms with Gasteiger partial charge in [0.1, 0.15) is 19.0 Å². The average molecular weight is 473 g/mol. The lowest BCUT2D eigenvalue weighted by Gasteiger charge is -2.18. The number of primary sulfonamides is 1. The van der Waals surface area contributed by atoms with Gasteiger partial charge in [0, 0.05) is 25.9 Å². The third-order valence-electron chi connectivity index (χ3n) is 5.49. The largest absolute Gasteiger partial charge is 0.486 e. The molecule has 3 aromatic rings. The van der Waals surface area contributed by atoms with Gasteiger partial charge in [-0.3, -0.25) is 4.79 Å². The van der Waals surface area contributed by atoms with Crippen molar-refractivity contribution in [3.05, 3.63) is 47.8 Å². The fourth-order valence-corrected chi connectivity index (χ4v) is 4.44. The normalized spacial score (nSPS) is 13.3. The van der Waals surface area contributed by atoms with Gasteiger partial charge in [0.05, 0.1) is 15.9 Å². The Labute approximate surface area is 192 Å². The smallest absolute Gasteiger partial charge is 0.238 e. The van der Waals surface area contributed by atoms with E-state index >= 15 is 0 Å². The SMILES string of the molecule is CCCn1c(CCC(=O)NCCc2ccc3c(c2)OCCO3)nc2cc(S(N)(=O)=O)ccc21. The average Bonchev–Trinajstić information content (AvgIpc) is 3.14. The molecule has 2 aromatic carbocycles. The number of imidazole rings is 1. The molecule has 1 aliphatic rings. The molecule has 0 spiro atoms. The Kier molecular flexibility index (Phi) is 6.85. The minimum atomic E-state index is -3.80. The van der Waals surface area contributed by atoms with E-state index in [9.17, 15) is 13.2 Å². The molecule has 1 amide bonds. The predicted molar refractivity (Wildman–Crippen MR) is 124 cm³/mol. The van der Waals surface area contributed by atoms with E-state index in [2.05, 4.69) is 17.2 Å². The molecule has 176 valence electrons. The Morgan fingerprint density at radius 1 is 1.12 bits per heavy atom. The maximum absolute atomic E-state index is 12.4. The van der Waals surface area contributed by atoms with Crippen LogP contribution in [0, 0.1) is 0 Å². The van der Waals surface area contributed by atoms with Crippen LogP contribution in [0.25, 0.3) is 11.0 Å². The summed E-state index contributed by atoms with van der Waals surface area (Å²) in [5.74, 6) is 2.18. The highest BCUT2D eigenvalue weighted by atomic mass is 32.2. The molecule has 0 saturated heterocycles. The summed E-state index contributed by atoms with van der Waals surface area (Å²) in [5, 5.41) is 8.20. The van der Waals surface area contributed by atoms with E-state index in [0.717, 1.165) is 41.4 Å². The summed E-state index contributed by atoms with van der Waals surface area (Å²) in [4.78, 5) is 17.0. The number of sulfonamides is 1. The van der Waals surface area contributed by atoms with Crippen molar-refractivity contribution in [2.75, 3.05) is 19.8 Å². The molecule has 0 radical (unpaired) electrons. The Morgan fingerprint density at radius 3 is 2.67 bits per heavy atom. The second-order valence-corrected chi connectivity index (χ2v) is 9.51. The molecule has 10 heteroatoms. The molecule has 33 heavy (non-hydrogen) atoms. The number of amides is 1. The summed E-state index contributed by atoms with van der Waals surface area (Å²) in [7, 11) is -3.80. The van der Waals surface area contributed by atoms with Gasteiger partial charge in [0.2, 0.25) is 15.9 Å². The van der Waals surface area contributed by atoms with Crippen molar-refractivity contribution >= 4 is 27.0 Å². The topological polar surface area (TPSA) is 126 Å². The molecular formula is C23H28N4O5S. The third-order valence-corrected chi connectivity index (χ3v) is 6.40. The summed E-state index contributed by atoms with van der Waals surface area (Å²) in [6, 6.07) is 10.5. The molecule has 4 rings (SSSR count). The van der Waals surface area contributed by atoms with Crippen molar-refractivity contribution in [2.45, 2.75) is 44.0 Å². The van der Waals surface area contributed by atoms with Crippen LogP contribution >= 0.6 is 0 Å². The number of carbonyl (C=O) groups is 1. The van der Waals surface area contributed by atoms with E-state index in [4.69, 9.17) is 14.6 Å². The molecule has 9 nitrogen and oxygen atoms in total. The number of ether oxygens (including phenoxy) is 2. The first-order valence-electron chi connectivity index (χ1n) is 11.0. The number of aromatic nitrogens is 2. The number of fused-ring (bicyclic) bond motifs is 2. The van der Waals surface area contributed by atoms with Gasteiger partial charge in [-0.15, -0.1) is 0 Å². The summed E-state index contributed by atoms with van der Waals surface area (Å²) in [6.07, 6.45) is 2.32. The molecule has 1 aromatic heterocycles.